The summed E-state index contributed by atoms with van der Waals surface area (Å²) in [6.45, 7) is 2.37. The molecule has 0 fully saturated rings. The first-order chi connectivity index (χ1) is 10.1. The number of amides is 2. The molecule has 1 aliphatic rings. The first-order valence-corrected chi connectivity index (χ1v) is 6.41. The Balaban J connectivity index is 2.36. The van der Waals surface area contributed by atoms with E-state index >= 15 is 0 Å². The van der Waals surface area contributed by atoms with Gasteiger partial charge in [0.1, 0.15) is 0 Å². The molecule has 1 unspecified atom stereocenters. The van der Waals surface area contributed by atoms with Gasteiger partial charge in [0.05, 0.1) is 0 Å². The van der Waals surface area contributed by atoms with Gasteiger partial charge in [0.25, 0.3) is 5.91 Å². The van der Waals surface area contributed by atoms with Crippen molar-refractivity contribution in [3.8, 4) is 0 Å². The maximum atomic E-state index is 13.3. The van der Waals surface area contributed by atoms with Crippen molar-refractivity contribution < 1.29 is 22.8 Å². The lowest BCUT2D eigenvalue weighted by atomic mass is 9.94. The van der Waals surface area contributed by atoms with Crippen LogP contribution in [0.2, 0.25) is 0 Å². The fourth-order valence-corrected chi connectivity index (χ4v) is 2.28. The van der Waals surface area contributed by atoms with Crippen molar-refractivity contribution in [1.82, 2.24) is 5.01 Å². The summed E-state index contributed by atoms with van der Waals surface area (Å²) in [5.41, 5.74) is 3.08. The van der Waals surface area contributed by atoms with Gasteiger partial charge in [-0.1, -0.05) is 0 Å². The Kier molecular flexibility index (Phi) is 3.72. The molecule has 118 valence electrons. The van der Waals surface area contributed by atoms with Crippen molar-refractivity contribution in [2.75, 3.05) is 0 Å². The Hall–Kier alpha value is -2.38. The molecule has 5 nitrogen and oxygen atoms in total. The van der Waals surface area contributed by atoms with Crippen LogP contribution in [0.4, 0.5) is 13.2 Å². The van der Waals surface area contributed by atoms with Crippen LogP contribution < -0.4 is 5.73 Å². The highest BCUT2D eigenvalue weighted by atomic mass is 19.4. The van der Waals surface area contributed by atoms with Gasteiger partial charge in [-0.25, -0.2) is 5.01 Å². The number of rotatable bonds is 2. The maximum absolute atomic E-state index is 13.3. The number of nitrogens with two attached hydrogens (primary N) is 1. The van der Waals surface area contributed by atoms with Crippen molar-refractivity contribution >= 4 is 17.5 Å². The molecule has 1 aliphatic heterocycles. The van der Waals surface area contributed by atoms with Gasteiger partial charge in [-0.2, -0.15) is 18.3 Å². The third kappa shape index (κ3) is 2.56. The fourth-order valence-electron chi connectivity index (χ4n) is 2.28. The normalized spacial score (nSPS) is 21.7. The number of halogens is 3. The zero-order valence-corrected chi connectivity index (χ0v) is 11.9. The second-order valence-corrected chi connectivity index (χ2v) is 5.34. The van der Waals surface area contributed by atoms with Crippen LogP contribution in [0.3, 0.4) is 0 Å². The zero-order valence-electron chi connectivity index (χ0n) is 11.9. The van der Waals surface area contributed by atoms with E-state index in [1.807, 2.05) is 0 Å². The van der Waals surface area contributed by atoms with E-state index in [4.69, 9.17) is 5.73 Å². The third-order valence-electron chi connectivity index (χ3n) is 3.56. The molecule has 0 radical (unpaired) electrons. The number of alkyl halides is 3. The Bertz CT molecular complexity index is 652. The van der Waals surface area contributed by atoms with Gasteiger partial charge in [-0.3, -0.25) is 9.59 Å². The van der Waals surface area contributed by atoms with Gasteiger partial charge >= 0.3 is 6.18 Å². The molecule has 8 heteroatoms. The van der Waals surface area contributed by atoms with Crippen LogP contribution in [0.15, 0.2) is 29.4 Å². The standard InChI is InChI=1S/C14H14F3N3O2/c1-8-7-13(2,14(15,16)17)20(19-8)12(22)10-5-3-9(4-6-10)11(18)21/h3-6H,7H2,1-2H3,(H2,18,21). The zero-order chi connectivity index (χ0) is 16.7. The van der Waals surface area contributed by atoms with Crippen LogP contribution in [-0.4, -0.2) is 34.3 Å². The summed E-state index contributed by atoms with van der Waals surface area (Å²) in [7, 11) is 0. The minimum atomic E-state index is -4.61. The second-order valence-electron chi connectivity index (χ2n) is 5.34. The molecule has 1 heterocycles. The molecule has 1 aromatic rings. The molecule has 1 aromatic carbocycles. The molecule has 0 saturated carbocycles. The van der Waals surface area contributed by atoms with Crippen LogP contribution in [0.5, 0.6) is 0 Å². The van der Waals surface area contributed by atoms with Crippen LogP contribution in [0, 0.1) is 0 Å². The Labute approximate surface area is 124 Å². The number of carbonyl (C=O) groups excluding carboxylic acids is 2. The van der Waals surface area contributed by atoms with Gasteiger partial charge in [0.15, 0.2) is 5.54 Å². The topological polar surface area (TPSA) is 75.8 Å². The first kappa shape index (κ1) is 16.0. The lowest BCUT2D eigenvalue weighted by molar-refractivity contribution is -0.211. The van der Waals surface area contributed by atoms with E-state index in [2.05, 4.69) is 5.10 Å². The summed E-state index contributed by atoms with van der Waals surface area (Å²) in [6.07, 6.45) is -4.99. The van der Waals surface area contributed by atoms with E-state index in [1.165, 1.54) is 31.2 Å². The average Bonchev–Trinajstić information content (AvgIpc) is 2.74. The van der Waals surface area contributed by atoms with Crippen LogP contribution >= 0.6 is 0 Å². The number of benzene rings is 1. The van der Waals surface area contributed by atoms with E-state index in [0.717, 1.165) is 6.92 Å². The molecule has 0 saturated heterocycles. The maximum Gasteiger partial charge on any atom is 0.413 e. The monoisotopic (exact) mass is 313 g/mol. The lowest BCUT2D eigenvalue weighted by Crippen LogP contribution is -2.54. The van der Waals surface area contributed by atoms with Gasteiger partial charge in [0.2, 0.25) is 5.91 Å². The molecule has 0 aromatic heterocycles. The van der Waals surface area contributed by atoms with Crippen LogP contribution in [0.25, 0.3) is 0 Å². The highest BCUT2D eigenvalue weighted by Crippen LogP contribution is 2.42. The fraction of sp³-hybridized carbons (Fsp3) is 0.357. The van der Waals surface area contributed by atoms with E-state index in [0.29, 0.717) is 5.01 Å². The SMILES string of the molecule is CC1=NN(C(=O)c2ccc(C(N)=O)cc2)C(C)(C(F)(F)F)C1. The second kappa shape index (κ2) is 5.11. The molecule has 0 bridgehead atoms. The molecule has 22 heavy (non-hydrogen) atoms. The van der Waals surface area contributed by atoms with Crippen molar-refractivity contribution in [2.24, 2.45) is 10.8 Å². The number of primary amides is 1. The van der Waals surface area contributed by atoms with Gasteiger partial charge in [0, 0.05) is 23.3 Å². The summed E-state index contributed by atoms with van der Waals surface area (Å²) >= 11 is 0. The minimum Gasteiger partial charge on any atom is -0.366 e. The summed E-state index contributed by atoms with van der Waals surface area (Å²) < 4.78 is 39.9. The summed E-state index contributed by atoms with van der Waals surface area (Å²) in [4.78, 5) is 23.3. The van der Waals surface area contributed by atoms with Crippen molar-refractivity contribution in [1.29, 1.82) is 0 Å². The van der Waals surface area contributed by atoms with Crippen LogP contribution in [0.1, 0.15) is 41.0 Å². The first-order valence-electron chi connectivity index (χ1n) is 6.41. The van der Waals surface area contributed by atoms with E-state index in [1.54, 1.807) is 0 Å². The van der Waals surface area contributed by atoms with Crippen molar-refractivity contribution in [2.45, 2.75) is 32.0 Å². The molecule has 1 atom stereocenters. The lowest BCUT2D eigenvalue weighted by Gasteiger charge is -2.34. The quantitative estimate of drug-likeness (QED) is 0.910. The Morgan fingerprint density at radius 2 is 1.73 bits per heavy atom. The number of carbonyl (C=O) groups is 2. The number of hydrazone groups is 1. The van der Waals surface area contributed by atoms with Gasteiger partial charge in [-0.05, 0) is 38.1 Å². The summed E-state index contributed by atoms with van der Waals surface area (Å²) in [5.74, 6) is -1.57. The Morgan fingerprint density at radius 1 is 1.23 bits per heavy atom. The minimum absolute atomic E-state index is 0.000995. The molecule has 2 N–H and O–H groups in total. The highest BCUT2D eigenvalue weighted by molar-refractivity contribution is 5.99. The molecule has 2 amide bonds. The molecular formula is C14H14F3N3O2. The number of nitrogens with zero attached hydrogens (tertiary/aromatic N) is 2. The predicted octanol–water partition coefficient (Wildman–Crippen LogP) is 2.33. The van der Waals surface area contributed by atoms with Crippen LogP contribution in [-0.2, 0) is 0 Å². The Morgan fingerprint density at radius 3 is 2.18 bits per heavy atom. The molecule has 0 aliphatic carbocycles. The third-order valence-corrected chi connectivity index (χ3v) is 3.56. The van der Waals surface area contributed by atoms with Crippen molar-refractivity contribution in [3.63, 3.8) is 0 Å². The largest absolute Gasteiger partial charge is 0.413 e. The highest BCUT2D eigenvalue weighted by Gasteiger charge is 2.59. The number of hydrogen-bond donors (Lipinski definition) is 1. The summed E-state index contributed by atoms with van der Waals surface area (Å²) in [6, 6.07) is 5.07. The average molecular weight is 313 g/mol. The smallest absolute Gasteiger partial charge is 0.366 e. The number of hydrogen-bond acceptors (Lipinski definition) is 3. The van der Waals surface area contributed by atoms with Gasteiger partial charge in [-0.15, -0.1) is 0 Å². The molecular weight excluding hydrogens is 299 g/mol. The van der Waals surface area contributed by atoms with Gasteiger partial charge < -0.3 is 5.73 Å². The summed E-state index contributed by atoms with van der Waals surface area (Å²) in [5, 5.41) is 4.19. The van der Waals surface area contributed by atoms with E-state index in [-0.39, 0.29) is 23.3 Å². The molecule has 2 rings (SSSR count). The predicted molar refractivity (Wildman–Crippen MR) is 73.3 cm³/mol. The molecule has 0 spiro atoms. The van der Waals surface area contributed by atoms with E-state index in [9.17, 15) is 22.8 Å². The van der Waals surface area contributed by atoms with Crippen molar-refractivity contribution in [3.05, 3.63) is 35.4 Å². The van der Waals surface area contributed by atoms with E-state index < -0.39 is 23.5 Å².